The van der Waals surface area contributed by atoms with Gasteiger partial charge in [-0.2, -0.15) is 0 Å². The van der Waals surface area contributed by atoms with Crippen LogP contribution >= 0.6 is 11.3 Å². The molecule has 1 amide bonds. The van der Waals surface area contributed by atoms with E-state index in [0.717, 1.165) is 39.6 Å². The minimum absolute atomic E-state index is 0.120. The molecule has 158 valence electrons. The van der Waals surface area contributed by atoms with Crippen molar-refractivity contribution in [3.8, 4) is 22.8 Å². The summed E-state index contributed by atoms with van der Waals surface area (Å²) in [4.78, 5) is 20.7. The van der Waals surface area contributed by atoms with Crippen LogP contribution in [-0.2, 0) is 24.2 Å². The van der Waals surface area contributed by atoms with Crippen molar-refractivity contribution in [2.75, 3.05) is 20.8 Å². The van der Waals surface area contributed by atoms with Crippen LogP contribution in [0.4, 0.5) is 0 Å². The maximum Gasteiger partial charge on any atom is 0.228 e. The Bertz CT molecular complexity index is 1250. The van der Waals surface area contributed by atoms with E-state index >= 15 is 0 Å². The van der Waals surface area contributed by atoms with Crippen molar-refractivity contribution in [1.82, 2.24) is 14.3 Å². The monoisotopic (exact) mass is 433 g/mol. The van der Waals surface area contributed by atoms with Gasteiger partial charge in [-0.3, -0.25) is 9.20 Å². The third-order valence-electron chi connectivity index (χ3n) is 5.76. The van der Waals surface area contributed by atoms with Gasteiger partial charge in [0, 0.05) is 35.9 Å². The van der Waals surface area contributed by atoms with Gasteiger partial charge in [-0.1, -0.05) is 30.3 Å². The van der Waals surface area contributed by atoms with Crippen molar-refractivity contribution in [3.05, 3.63) is 70.9 Å². The number of fused-ring (bicyclic) bond motifs is 2. The van der Waals surface area contributed by atoms with Gasteiger partial charge in [-0.15, -0.1) is 11.3 Å². The zero-order valence-corrected chi connectivity index (χ0v) is 18.3. The number of rotatable bonds is 5. The molecule has 0 saturated heterocycles. The van der Waals surface area contributed by atoms with E-state index in [1.165, 1.54) is 5.56 Å². The molecule has 0 unspecified atom stereocenters. The number of ether oxygens (including phenoxy) is 2. The molecule has 0 atom stereocenters. The molecule has 6 nitrogen and oxygen atoms in total. The lowest BCUT2D eigenvalue weighted by Gasteiger charge is -2.29. The Morgan fingerprint density at radius 1 is 1.10 bits per heavy atom. The number of methoxy groups -OCH3 is 2. The highest BCUT2D eigenvalue weighted by Gasteiger charge is 2.24. The number of imidazole rings is 1. The number of carbonyl (C=O) groups is 1. The SMILES string of the molecule is COc1cc2c(cc1OC)CN(C(=O)Cc1csc3nc(-c4ccccc4)cn13)CC2. The molecule has 31 heavy (non-hydrogen) atoms. The molecule has 2 aromatic heterocycles. The molecule has 4 aromatic rings. The number of thiazole rings is 1. The summed E-state index contributed by atoms with van der Waals surface area (Å²) in [6.45, 7) is 1.29. The van der Waals surface area contributed by atoms with Crippen molar-refractivity contribution in [3.63, 3.8) is 0 Å². The number of aromatic nitrogens is 2. The molecule has 0 spiro atoms. The van der Waals surface area contributed by atoms with Crippen LogP contribution in [0.5, 0.6) is 11.5 Å². The standard InChI is InChI=1S/C24H23N3O3S/c1-29-21-10-17-8-9-26(13-18(17)11-22(21)30-2)23(28)12-19-15-31-24-25-20(14-27(19)24)16-6-4-3-5-7-16/h3-7,10-11,14-15H,8-9,12-13H2,1-2H3. The molecule has 0 N–H and O–H groups in total. The lowest BCUT2D eigenvalue weighted by atomic mass is 9.98. The van der Waals surface area contributed by atoms with E-state index in [1.807, 2.05) is 63.3 Å². The predicted molar refractivity (Wildman–Crippen MR) is 121 cm³/mol. The summed E-state index contributed by atoms with van der Waals surface area (Å²) in [7, 11) is 3.27. The van der Waals surface area contributed by atoms with Gasteiger partial charge in [0.05, 0.1) is 26.3 Å². The number of amides is 1. The zero-order valence-electron chi connectivity index (χ0n) is 17.5. The highest BCUT2D eigenvalue weighted by atomic mass is 32.1. The van der Waals surface area contributed by atoms with Crippen molar-refractivity contribution in [2.24, 2.45) is 0 Å². The number of hydrogen-bond acceptors (Lipinski definition) is 5. The van der Waals surface area contributed by atoms with Crippen molar-refractivity contribution >= 4 is 22.2 Å². The first-order chi connectivity index (χ1) is 15.2. The third kappa shape index (κ3) is 3.65. The molecule has 3 heterocycles. The second-order valence-electron chi connectivity index (χ2n) is 7.59. The Kier molecular flexibility index (Phi) is 5.11. The van der Waals surface area contributed by atoms with Gasteiger partial charge in [-0.25, -0.2) is 4.98 Å². The lowest BCUT2D eigenvalue weighted by Crippen LogP contribution is -2.37. The van der Waals surface area contributed by atoms with Crippen LogP contribution in [0.15, 0.2) is 54.0 Å². The van der Waals surface area contributed by atoms with Gasteiger partial charge < -0.3 is 14.4 Å². The largest absolute Gasteiger partial charge is 0.493 e. The normalized spacial score (nSPS) is 13.3. The maximum absolute atomic E-state index is 13.1. The van der Waals surface area contributed by atoms with Gasteiger partial charge in [0.2, 0.25) is 5.91 Å². The van der Waals surface area contributed by atoms with Crippen LogP contribution in [0.3, 0.4) is 0 Å². The number of benzene rings is 2. The summed E-state index contributed by atoms with van der Waals surface area (Å²) in [5.74, 6) is 1.55. The first-order valence-electron chi connectivity index (χ1n) is 10.2. The van der Waals surface area contributed by atoms with Gasteiger partial charge in [0.15, 0.2) is 16.5 Å². The Morgan fingerprint density at radius 3 is 2.58 bits per heavy atom. The Hall–Kier alpha value is -3.32. The van der Waals surface area contributed by atoms with Gasteiger partial charge in [0.25, 0.3) is 0 Å². The molecule has 1 aliphatic heterocycles. The molecule has 0 bridgehead atoms. The van der Waals surface area contributed by atoms with Crippen LogP contribution in [0.25, 0.3) is 16.2 Å². The van der Waals surface area contributed by atoms with Gasteiger partial charge >= 0.3 is 0 Å². The average Bonchev–Trinajstić information content (AvgIpc) is 3.40. The second-order valence-corrected chi connectivity index (χ2v) is 8.43. The topological polar surface area (TPSA) is 56.1 Å². The minimum atomic E-state index is 0.120. The quantitative estimate of drug-likeness (QED) is 0.473. The molecule has 5 rings (SSSR count). The molecular weight excluding hydrogens is 410 g/mol. The van der Waals surface area contributed by atoms with Crippen LogP contribution in [0, 0.1) is 0 Å². The van der Waals surface area contributed by atoms with Crippen molar-refractivity contribution < 1.29 is 14.3 Å². The van der Waals surface area contributed by atoms with Crippen LogP contribution < -0.4 is 9.47 Å². The van der Waals surface area contributed by atoms with E-state index in [1.54, 1.807) is 25.6 Å². The molecular formula is C24H23N3O3S. The van der Waals surface area contributed by atoms with E-state index in [0.29, 0.717) is 25.3 Å². The third-order valence-corrected chi connectivity index (χ3v) is 6.64. The molecule has 1 aliphatic rings. The lowest BCUT2D eigenvalue weighted by molar-refractivity contribution is -0.131. The smallest absolute Gasteiger partial charge is 0.228 e. The van der Waals surface area contributed by atoms with Crippen LogP contribution in [0.2, 0.25) is 0 Å². The summed E-state index contributed by atoms with van der Waals surface area (Å²) in [6, 6.07) is 14.1. The Morgan fingerprint density at radius 2 is 1.84 bits per heavy atom. The van der Waals surface area contributed by atoms with E-state index in [9.17, 15) is 4.79 Å². The molecule has 0 radical (unpaired) electrons. The molecule has 0 aliphatic carbocycles. The first kappa shape index (κ1) is 19.6. The van der Waals surface area contributed by atoms with Gasteiger partial charge in [0.1, 0.15) is 0 Å². The fraction of sp³-hybridized carbons (Fsp3) is 0.250. The zero-order chi connectivity index (χ0) is 21.4. The summed E-state index contributed by atoms with van der Waals surface area (Å²) in [6.07, 6.45) is 3.18. The maximum atomic E-state index is 13.1. The van der Waals surface area contributed by atoms with Crippen molar-refractivity contribution in [1.29, 1.82) is 0 Å². The Labute approximate surface area is 184 Å². The van der Waals surface area contributed by atoms with E-state index in [-0.39, 0.29) is 5.91 Å². The Balaban J connectivity index is 1.35. The highest BCUT2D eigenvalue weighted by Crippen LogP contribution is 2.33. The van der Waals surface area contributed by atoms with E-state index in [2.05, 4.69) is 0 Å². The molecule has 7 heteroatoms. The number of carbonyl (C=O) groups excluding carboxylic acids is 1. The van der Waals surface area contributed by atoms with E-state index < -0.39 is 0 Å². The summed E-state index contributed by atoms with van der Waals surface area (Å²) in [5.41, 5.74) is 5.29. The fourth-order valence-corrected chi connectivity index (χ4v) is 4.94. The fourth-order valence-electron chi connectivity index (χ4n) is 4.07. The van der Waals surface area contributed by atoms with Crippen LogP contribution in [0.1, 0.15) is 16.8 Å². The van der Waals surface area contributed by atoms with Crippen LogP contribution in [-0.4, -0.2) is 41.0 Å². The predicted octanol–water partition coefficient (Wildman–Crippen LogP) is 4.21. The van der Waals surface area contributed by atoms with Gasteiger partial charge in [-0.05, 0) is 29.7 Å². The summed E-state index contributed by atoms with van der Waals surface area (Å²) < 4.78 is 12.9. The minimum Gasteiger partial charge on any atom is -0.493 e. The average molecular weight is 434 g/mol. The second kappa shape index (κ2) is 8.07. The molecule has 0 saturated carbocycles. The highest BCUT2D eigenvalue weighted by molar-refractivity contribution is 7.15. The molecule has 0 fully saturated rings. The number of nitrogens with zero attached hydrogens (tertiary/aromatic N) is 3. The van der Waals surface area contributed by atoms with Crippen molar-refractivity contribution in [2.45, 2.75) is 19.4 Å². The summed E-state index contributed by atoms with van der Waals surface area (Å²) >= 11 is 1.57. The van der Waals surface area contributed by atoms with E-state index in [4.69, 9.17) is 14.5 Å². The summed E-state index contributed by atoms with van der Waals surface area (Å²) in [5, 5.41) is 2.03. The molecule has 2 aromatic carbocycles. The first-order valence-corrected chi connectivity index (χ1v) is 11.1. The number of hydrogen-bond donors (Lipinski definition) is 0.